The van der Waals surface area contributed by atoms with Crippen molar-refractivity contribution in [2.24, 2.45) is 0 Å². The normalized spacial score (nSPS) is 16.4. The van der Waals surface area contributed by atoms with Crippen molar-refractivity contribution in [3.63, 3.8) is 0 Å². The van der Waals surface area contributed by atoms with Crippen molar-refractivity contribution in [2.45, 2.75) is 11.3 Å². The van der Waals surface area contributed by atoms with Crippen LogP contribution in [0.25, 0.3) is 0 Å². The Morgan fingerprint density at radius 3 is 2.48 bits per heavy atom. The summed E-state index contributed by atoms with van der Waals surface area (Å²) in [5.41, 5.74) is 0. The fourth-order valence-corrected chi connectivity index (χ4v) is 3.92. The van der Waals surface area contributed by atoms with Crippen LogP contribution < -0.4 is 0 Å². The van der Waals surface area contributed by atoms with Gasteiger partial charge in [0.1, 0.15) is 0 Å². The molecule has 0 aliphatic carbocycles. The second-order valence-electron chi connectivity index (χ2n) is 5.22. The van der Waals surface area contributed by atoms with Gasteiger partial charge in [0.25, 0.3) is 0 Å². The lowest BCUT2D eigenvalue weighted by molar-refractivity contribution is 0.0363. The number of benzene rings is 1. The summed E-state index contributed by atoms with van der Waals surface area (Å²) in [6.45, 7) is 4.10. The Hall–Kier alpha value is -1.17. The fraction of sp³-hybridized carbons (Fsp3) is 0.533. The summed E-state index contributed by atoms with van der Waals surface area (Å²) < 4.78 is 32.2. The summed E-state index contributed by atoms with van der Waals surface area (Å²) in [6.07, 6.45) is 0.163. The van der Waals surface area contributed by atoms with Gasteiger partial charge in [-0.25, -0.2) is 8.42 Å². The van der Waals surface area contributed by atoms with Crippen LogP contribution in [0, 0.1) is 11.3 Å². The maximum Gasteiger partial charge on any atom is 0.243 e. The summed E-state index contributed by atoms with van der Waals surface area (Å²) in [5, 5.41) is 9.28. The Bertz CT molecular complexity index is 637. The van der Waals surface area contributed by atoms with Gasteiger partial charge < -0.3 is 4.74 Å². The Labute approximate surface area is 142 Å². The number of hydrogen-bond acceptors (Lipinski definition) is 5. The van der Waals surface area contributed by atoms with Crippen LogP contribution in [0.3, 0.4) is 0 Å². The molecule has 0 atom stereocenters. The molecule has 1 heterocycles. The molecule has 8 heteroatoms. The number of nitriles is 1. The molecule has 0 amide bonds. The summed E-state index contributed by atoms with van der Waals surface area (Å²) >= 11 is 5.82. The van der Waals surface area contributed by atoms with Crippen LogP contribution in [0.15, 0.2) is 29.2 Å². The van der Waals surface area contributed by atoms with Gasteiger partial charge in [-0.2, -0.15) is 9.57 Å². The van der Waals surface area contributed by atoms with Crippen LogP contribution in [0.5, 0.6) is 0 Å². The third kappa shape index (κ3) is 5.16. The zero-order chi connectivity index (χ0) is 16.7. The largest absolute Gasteiger partial charge is 0.379 e. The minimum atomic E-state index is -3.63. The van der Waals surface area contributed by atoms with Crippen LogP contribution in [-0.4, -0.2) is 63.6 Å². The Balaban J connectivity index is 2.09. The molecule has 0 radical (unpaired) electrons. The van der Waals surface area contributed by atoms with E-state index in [9.17, 15) is 8.42 Å². The van der Waals surface area contributed by atoms with E-state index in [1.165, 1.54) is 16.4 Å². The zero-order valence-corrected chi connectivity index (χ0v) is 14.4. The predicted octanol–water partition coefficient (Wildman–Crippen LogP) is 1.58. The molecule has 23 heavy (non-hydrogen) atoms. The van der Waals surface area contributed by atoms with Gasteiger partial charge in [0, 0.05) is 44.2 Å². The average Bonchev–Trinajstić information content (AvgIpc) is 2.56. The third-order valence-corrected chi connectivity index (χ3v) is 5.86. The summed E-state index contributed by atoms with van der Waals surface area (Å²) in [5.74, 6) is 0. The number of rotatable bonds is 7. The highest BCUT2D eigenvalue weighted by Crippen LogP contribution is 2.18. The summed E-state index contributed by atoms with van der Waals surface area (Å²) in [6, 6.07) is 8.10. The first-order valence-electron chi connectivity index (χ1n) is 7.47. The quantitative estimate of drug-likeness (QED) is 0.740. The molecule has 6 nitrogen and oxygen atoms in total. The van der Waals surface area contributed by atoms with Gasteiger partial charge in [-0.05, 0) is 24.3 Å². The molecule has 0 saturated carbocycles. The molecular weight excluding hydrogens is 338 g/mol. The summed E-state index contributed by atoms with van der Waals surface area (Å²) in [7, 11) is -3.63. The molecule has 1 fully saturated rings. The molecule has 1 aromatic rings. The van der Waals surface area contributed by atoms with Gasteiger partial charge in [-0.1, -0.05) is 11.6 Å². The first-order valence-corrected chi connectivity index (χ1v) is 9.28. The van der Waals surface area contributed by atoms with Crippen molar-refractivity contribution in [3.05, 3.63) is 29.3 Å². The Morgan fingerprint density at radius 1 is 1.22 bits per heavy atom. The van der Waals surface area contributed by atoms with E-state index in [2.05, 4.69) is 4.90 Å². The number of halogens is 1. The van der Waals surface area contributed by atoms with Gasteiger partial charge in [0.05, 0.1) is 24.2 Å². The number of morpholine rings is 1. The van der Waals surface area contributed by atoms with E-state index in [1.54, 1.807) is 12.1 Å². The van der Waals surface area contributed by atoms with E-state index >= 15 is 0 Å². The summed E-state index contributed by atoms with van der Waals surface area (Å²) in [4.78, 5) is 2.36. The molecule has 126 valence electrons. The number of sulfonamides is 1. The standard InChI is InChI=1S/C15H20ClN3O3S/c16-14-2-4-15(5-3-14)23(20,21)19(7-1-6-17)9-8-18-10-12-22-13-11-18/h2-5H,1,7-13H2. The van der Waals surface area contributed by atoms with Crippen LogP contribution in [0.2, 0.25) is 5.02 Å². The van der Waals surface area contributed by atoms with E-state index in [-0.39, 0.29) is 17.9 Å². The molecule has 1 aromatic carbocycles. The van der Waals surface area contributed by atoms with Gasteiger partial charge in [-0.15, -0.1) is 0 Å². The zero-order valence-electron chi connectivity index (χ0n) is 12.8. The van der Waals surface area contributed by atoms with E-state index < -0.39 is 10.0 Å². The first kappa shape index (κ1) is 18.2. The molecule has 1 aliphatic heterocycles. The molecule has 0 N–H and O–H groups in total. The highest BCUT2D eigenvalue weighted by Gasteiger charge is 2.25. The number of ether oxygens (including phenoxy) is 1. The van der Waals surface area contributed by atoms with Crippen molar-refractivity contribution in [1.82, 2.24) is 9.21 Å². The molecular formula is C15H20ClN3O3S. The van der Waals surface area contributed by atoms with Gasteiger partial charge in [0.2, 0.25) is 10.0 Å². The Morgan fingerprint density at radius 2 is 1.87 bits per heavy atom. The van der Waals surface area contributed by atoms with Crippen molar-refractivity contribution >= 4 is 21.6 Å². The van der Waals surface area contributed by atoms with E-state index in [0.717, 1.165) is 13.1 Å². The second-order valence-corrected chi connectivity index (χ2v) is 7.59. The molecule has 1 aliphatic rings. The lowest BCUT2D eigenvalue weighted by Crippen LogP contribution is -2.43. The predicted molar refractivity (Wildman–Crippen MR) is 87.7 cm³/mol. The Kier molecular flexibility index (Phi) is 6.81. The monoisotopic (exact) mass is 357 g/mol. The topological polar surface area (TPSA) is 73.6 Å². The van der Waals surface area contributed by atoms with Crippen molar-refractivity contribution < 1.29 is 13.2 Å². The first-order chi connectivity index (χ1) is 11.0. The van der Waals surface area contributed by atoms with Gasteiger partial charge in [0.15, 0.2) is 0 Å². The molecule has 0 aromatic heterocycles. The molecule has 0 spiro atoms. The van der Waals surface area contributed by atoms with Crippen LogP contribution in [0.4, 0.5) is 0 Å². The molecule has 0 unspecified atom stereocenters. The van der Waals surface area contributed by atoms with Crippen molar-refractivity contribution in [1.29, 1.82) is 5.26 Å². The van der Waals surface area contributed by atoms with Crippen LogP contribution in [-0.2, 0) is 14.8 Å². The molecule has 1 saturated heterocycles. The number of nitrogens with zero attached hydrogens (tertiary/aromatic N) is 3. The number of hydrogen-bond donors (Lipinski definition) is 0. The van der Waals surface area contributed by atoms with Crippen LogP contribution in [0.1, 0.15) is 6.42 Å². The van der Waals surface area contributed by atoms with Gasteiger partial charge in [-0.3, -0.25) is 4.90 Å². The van der Waals surface area contributed by atoms with Crippen molar-refractivity contribution in [2.75, 3.05) is 45.9 Å². The smallest absolute Gasteiger partial charge is 0.243 e. The highest BCUT2D eigenvalue weighted by atomic mass is 35.5. The van der Waals surface area contributed by atoms with E-state index in [1.807, 2.05) is 6.07 Å². The van der Waals surface area contributed by atoms with Crippen molar-refractivity contribution in [3.8, 4) is 6.07 Å². The minimum Gasteiger partial charge on any atom is -0.379 e. The maximum absolute atomic E-state index is 12.8. The molecule has 0 bridgehead atoms. The third-order valence-electron chi connectivity index (χ3n) is 3.69. The van der Waals surface area contributed by atoms with E-state index in [4.69, 9.17) is 21.6 Å². The van der Waals surface area contributed by atoms with E-state index in [0.29, 0.717) is 31.3 Å². The molecule has 2 rings (SSSR count). The average molecular weight is 358 g/mol. The van der Waals surface area contributed by atoms with Crippen LogP contribution >= 0.6 is 11.6 Å². The lowest BCUT2D eigenvalue weighted by atomic mass is 10.4. The SMILES string of the molecule is N#CCCN(CCN1CCOCC1)S(=O)(=O)c1ccc(Cl)cc1. The fourth-order valence-electron chi connectivity index (χ4n) is 2.36. The minimum absolute atomic E-state index is 0.163. The maximum atomic E-state index is 12.8. The lowest BCUT2D eigenvalue weighted by Gasteiger charge is -2.29. The highest BCUT2D eigenvalue weighted by molar-refractivity contribution is 7.89. The van der Waals surface area contributed by atoms with Gasteiger partial charge >= 0.3 is 0 Å². The second kappa shape index (κ2) is 8.62.